The van der Waals surface area contributed by atoms with E-state index in [2.05, 4.69) is 133 Å². The largest absolute Gasteiger partial charge is 0.777 e. The molecule has 11 rings (SSSR count). The summed E-state index contributed by atoms with van der Waals surface area (Å²) in [6.07, 6.45) is 0. The van der Waals surface area contributed by atoms with Crippen molar-refractivity contribution in [3.05, 3.63) is 206 Å². The van der Waals surface area contributed by atoms with Crippen LogP contribution in [-0.2, 0) is 4.57 Å². The van der Waals surface area contributed by atoms with Gasteiger partial charge in [0.2, 0.25) is 0 Å². The van der Waals surface area contributed by atoms with E-state index < -0.39 is 14.6 Å². The first kappa shape index (κ1) is 34.8. The van der Waals surface area contributed by atoms with Gasteiger partial charge in [-0.15, -0.1) is 0 Å². The molecule has 0 radical (unpaired) electrons. The lowest BCUT2D eigenvalue weighted by Crippen LogP contribution is -2.45. The molecular weight excluding hydrogens is 726 g/mol. The van der Waals surface area contributed by atoms with Crippen molar-refractivity contribution in [1.29, 1.82) is 0 Å². The summed E-state index contributed by atoms with van der Waals surface area (Å²) in [5.41, 5.74) is 5.65. The summed E-state index contributed by atoms with van der Waals surface area (Å²) in [5.74, 6) is 2.32. The van der Waals surface area contributed by atoms with Gasteiger partial charge < -0.3 is 23.2 Å². The molecule has 0 aliphatic carbocycles. The molecule has 0 saturated carbocycles. The molecule has 0 saturated heterocycles. The minimum absolute atomic E-state index is 0.559. The summed E-state index contributed by atoms with van der Waals surface area (Å²) in [6.45, 7) is 0. The molecule has 0 N–H and O–H groups in total. The molecular formula is C52H34B2O5. The van der Waals surface area contributed by atoms with Crippen LogP contribution in [0.1, 0.15) is 0 Å². The smallest absolute Gasteiger partial charge is 0.502 e. The van der Waals surface area contributed by atoms with Crippen molar-refractivity contribution in [3.63, 3.8) is 0 Å². The van der Waals surface area contributed by atoms with Crippen LogP contribution in [0.4, 0.5) is 0 Å². The molecule has 278 valence electrons. The van der Waals surface area contributed by atoms with Gasteiger partial charge in [0.15, 0.2) is 0 Å². The van der Waals surface area contributed by atoms with E-state index in [1.54, 1.807) is 0 Å². The molecule has 10 aromatic carbocycles. The van der Waals surface area contributed by atoms with Gasteiger partial charge in [-0.3, -0.25) is 0 Å². The molecule has 0 atom stereocenters. The lowest BCUT2D eigenvalue weighted by Gasteiger charge is -2.25. The fourth-order valence-electron chi connectivity index (χ4n) is 8.36. The molecule has 0 aromatic heterocycles. The SMILES string of the molecule is c1ccc(OB2OB(Oc3ccccc3)Oc3c(c(-c4ccccc4)cc4ccc5ccccc5c34)-c3c(-c4ccccc4)cc4ccc5ccccc5c4c3O2)cc1. The molecule has 1 heterocycles. The number of para-hydroxylation sites is 2. The van der Waals surface area contributed by atoms with Gasteiger partial charge in [0, 0.05) is 21.9 Å². The van der Waals surface area contributed by atoms with Gasteiger partial charge in [0.1, 0.15) is 23.0 Å². The van der Waals surface area contributed by atoms with Crippen molar-refractivity contribution in [1.82, 2.24) is 0 Å². The van der Waals surface area contributed by atoms with Crippen molar-refractivity contribution in [2.24, 2.45) is 0 Å². The summed E-state index contributed by atoms with van der Waals surface area (Å²) < 4.78 is 34.7. The Balaban J connectivity index is 1.34. The Bertz CT molecular complexity index is 2930. The van der Waals surface area contributed by atoms with Crippen molar-refractivity contribution >= 4 is 57.7 Å². The highest BCUT2D eigenvalue weighted by molar-refractivity contribution is 6.54. The molecule has 0 fully saturated rings. The maximum atomic E-state index is 7.32. The van der Waals surface area contributed by atoms with Crippen LogP contribution in [0.3, 0.4) is 0 Å². The first-order chi connectivity index (χ1) is 29.2. The fraction of sp³-hybridized carbons (Fsp3) is 0. The molecule has 7 heteroatoms. The maximum absolute atomic E-state index is 7.32. The number of benzene rings is 10. The Morgan fingerprint density at radius 1 is 0.339 bits per heavy atom. The molecule has 10 aromatic rings. The van der Waals surface area contributed by atoms with Gasteiger partial charge in [0.05, 0.1) is 0 Å². The van der Waals surface area contributed by atoms with E-state index in [-0.39, 0.29) is 0 Å². The normalized spacial score (nSPS) is 12.5. The third kappa shape index (κ3) is 6.38. The highest BCUT2D eigenvalue weighted by Gasteiger charge is 2.44. The van der Waals surface area contributed by atoms with E-state index in [4.69, 9.17) is 23.2 Å². The molecule has 5 nitrogen and oxygen atoms in total. The standard InChI is InChI=1S/C52H34B2O5/c1-5-17-35(18-6-1)45-33-39-31-29-37-21-13-15-27-43(37)47(39)51-49(45)50-46(36-19-7-2-8-20-36)34-40-32-30-38-22-14-16-28-44(38)48(40)52(50)58-54(56-42-25-11-4-12-26-42)59-53(57-51)55-41-23-9-3-10-24-41/h1-34H. The average molecular weight is 760 g/mol. The van der Waals surface area contributed by atoms with Gasteiger partial charge in [0.25, 0.3) is 0 Å². The second-order valence-corrected chi connectivity index (χ2v) is 14.6. The third-order valence-corrected chi connectivity index (χ3v) is 11.0. The van der Waals surface area contributed by atoms with E-state index in [9.17, 15) is 0 Å². The molecule has 1 aliphatic heterocycles. The quantitative estimate of drug-likeness (QED) is 0.125. The van der Waals surface area contributed by atoms with Crippen LogP contribution in [-0.4, -0.2) is 14.6 Å². The van der Waals surface area contributed by atoms with Gasteiger partial charge in [-0.25, -0.2) is 0 Å². The minimum Gasteiger partial charge on any atom is -0.502 e. The van der Waals surface area contributed by atoms with Crippen LogP contribution < -0.4 is 18.6 Å². The van der Waals surface area contributed by atoms with Crippen molar-refractivity contribution < 1.29 is 23.2 Å². The van der Waals surface area contributed by atoms with Gasteiger partial charge in [-0.05, 0) is 91.0 Å². The Hall–Kier alpha value is -7.47. The Morgan fingerprint density at radius 3 is 1.12 bits per heavy atom. The highest BCUT2D eigenvalue weighted by Crippen LogP contribution is 2.55. The molecule has 0 bridgehead atoms. The Kier molecular flexibility index (Phi) is 8.72. The highest BCUT2D eigenvalue weighted by atomic mass is 16.8. The molecule has 0 amide bonds. The summed E-state index contributed by atoms with van der Waals surface area (Å²) in [4.78, 5) is 0. The minimum atomic E-state index is -1.32. The monoisotopic (exact) mass is 760 g/mol. The first-order valence-corrected chi connectivity index (χ1v) is 19.8. The third-order valence-electron chi connectivity index (χ3n) is 11.0. The topological polar surface area (TPSA) is 46.2 Å². The van der Waals surface area contributed by atoms with Crippen molar-refractivity contribution in [2.75, 3.05) is 0 Å². The van der Waals surface area contributed by atoms with E-state index in [1.807, 2.05) is 72.8 Å². The lowest BCUT2D eigenvalue weighted by molar-refractivity contribution is 0.240. The lowest BCUT2D eigenvalue weighted by atomic mass is 9.83. The zero-order chi connectivity index (χ0) is 39.1. The first-order valence-electron chi connectivity index (χ1n) is 19.8. The predicted molar refractivity (Wildman–Crippen MR) is 241 cm³/mol. The summed E-state index contributed by atoms with van der Waals surface area (Å²) >= 11 is 0. The Morgan fingerprint density at radius 2 is 0.695 bits per heavy atom. The second kappa shape index (κ2) is 14.8. The summed E-state index contributed by atoms with van der Waals surface area (Å²) in [5, 5.41) is 8.08. The fourth-order valence-corrected chi connectivity index (χ4v) is 8.36. The summed E-state index contributed by atoms with van der Waals surface area (Å²) in [6, 6.07) is 70.0. The van der Waals surface area contributed by atoms with Crippen LogP contribution in [0.2, 0.25) is 0 Å². The van der Waals surface area contributed by atoms with Crippen molar-refractivity contribution in [2.45, 2.75) is 0 Å². The average Bonchev–Trinajstić information content (AvgIpc) is 3.36. The van der Waals surface area contributed by atoms with Crippen LogP contribution in [0.25, 0.3) is 76.5 Å². The molecule has 1 aliphatic rings. The zero-order valence-electron chi connectivity index (χ0n) is 31.8. The number of hydrogen-bond donors (Lipinski definition) is 0. The van der Waals surface area contributed by atoms with Crippen LogP contribution >= 0.6 is 0 Å². The number of hydrogen-bond acceptors (Lipinski definition) is 5. The maximum Gasteiger partial charge on any atom is 0.777 e. The van der Waals surface area contributed by atoms with E-state index in [0.717, 1.165) is 76.5 Å². The van der Waals surface area contributed by atoms with E-state index in [0.29, 0.717) is 23.0 Å². The number of fused-ring (bicyclic) bond motifs is 11. The molecule has 0 unspecified atom stereocenters. The van der Waals surface area contributed by atoms with Crippen LogP contribution in [0.5, 0.6) is 23.0 Å². The van der Waals surface area contributed by atoms with Crippen LogP contribution in [0, 0.1) is 0 Å². The van der Waals surface area contributed by atoms with Crippen LogP contribution in [0.15, 0.2) is 206 Å². The predicted octanol–water partition coefficient (Wildman–Crippen LogP) is 13.2. The van der Waals surface area contributed by atoms with E-state index in [1.165, 1.54) is 0 Å². The van der Waals surface area contributed by atoms with Gasteiger partial charge in [-0.2, -0.15) is 0 Å². The van der Waals surface area contributed by atoms with Crippen molar-refractivity contribution in [3.8, 4) is 56.4 Å². The Labute approximate surface area is 342 Å². The molecule has 59 heavy (non-hydrogen) atoms. The molecule has 0 spiro atoms. The second-order valence-electron chi connectivity index (χ2n) is 14.6. The summed E-state index contributed by atoms with van der Waals surface area (Å²) in [7, 11) is -2.65. The zero-order valence-corrected chi connectivity index (χ0v) is 31.8. The van der Waals surface area contributed by atoms with E-state index >= 15 is 0 Å². The van der Waals surface area contributed by atoms with Gasteiger partial charge >= 0.3 is 14.6 Å². The van der Waals surface area contributed by atoms with Gasteiger partial charge in [-0.1, -0.05) is 170 Å². The number of rotatable bonds is 6.